The van der Waals surface area contributed by atoms with Gasteiger partial charge in [-0.2, -0.15) is 0 Å². The number of thiophene rings is 1. The molecule has 0 saturated carbocycles. The van der Waals surface area contributed by atoms with Gasteiger partial charge in [0.1, 0.15) is 0 Å². The highest BCUT2D eigenvalue weighted by Gasteiger charge is 2.06. The van der Waals surface area contributed by atoms with Crippen LogP contribution < -0.4 is 11.3 Å². The SMILES string of the molecule is COCCN=C(NN)N(C)Cc1csc(Br)c1. The molecule has 17 heavy (non-hydrogen) atoms. The lowest BCUT2D eigenvalue weighted by Crippen LogP contribution is -2.42. The molecule has 3 N–H and O–H groups in total. The van der Waals surface area contributed by atoms with E-state index in [0.29, 0.717) is 19.1 Å². The van der Waals surface area contributed by atoms with E-state index in [2.05, 4.69) is 37.8 Å². The third-order valence-electron chi connectivity index (χ3n) is 2.09. The molecule has 1 aromatic rings. The van der Waals surface area contributed by atoms with Crippen LogP contribution in [0.1, 0.15) is 5.56 Å². The number of hydrogen-bond donors (Lipinski definition) is 2. The Bertz CT molecular complexity index is 369. The van der Waals surface area contributed by atoms with Crippen LogP contribution in [0.2, 0.25) is 0 Å². The molecule has 0 spiro atoms. The highest BCUT2D eigenvalue weighted by atomic mass is 79.9. The van der Waals surface area contributed by atoms with Gasteiger partial charge in [0, 0.05) is 20.7 Å². The zero-order chi connectivity index (χ0) is 12.7. The number of methoxy groups -OCH3 is 1. The van der Waals surface area contributed by atoms with Gasteiger partial charge in [-0.15, -0.1) is 11.3 Å². The standard InChI is InChI=1S/C10H17BrN4OS/c1-15(6-8-5-9(11)17-7-8)10(14-12)13-3-4-16-2/h5,7H,3-4,6,12H2,1-2H3,(H,13,14). The van der Waals surface area contributed by atoms with Gasteiger partial charge in [0.05, 0.1) is 16.9 Å². The predicted molar refractivity (Wildman–Crippen MR) is 75.0 cm³/mol. The largest absolute Gasteiger partial charge is 0.383 e. The van der Waals surface area contributed by atoms with Gasteiger partial charge in [-0.1, -0.05) is 0 Å². The van der Waals surface area contributed by atoms with Crippen molar-refractivity contribution >= 4 is 33.2 Å². The molecule has 5 nitrogen and oxygen atoms in total. The van der Waals surface area contributed by atoms with Crippen LogP contribution in [0.25, 0.3) is 0 Å². The number of aliphatic imine (C=N–C) groups is 1. The molecule has 0 atom stereocenters. The highest BCUT2D eigenvalue weighted by Crippen LogP contribution is 2.21. The zero-order valence-electron chi connectivity index (χ0n) is 9.94. The van der Waals surface area contributed by atoms with Gasteiger partial charge in [-0.25, -0.2) is 10.8 Å². The lowest BCUT2D eigenvalue weighted by Gasteiger charge is -2.19. The van der Waals surface area contributed by atoms with Crippen LogP contribution in [0.5, 0.6) is 0 Å². The summed E-state index contributed by atoms with van der Waals surface area (Å²) in [5, 5.41) is 2.10. The molecular formula is C10H17BrN4OS. The topological polar surface area (TPSA) is 62.9 Å². The van der Waals surface area contributed by atoms with Gasteiger partial charge in [0.15, 0.2) is 0 Å². The second-order valence-electron chi connectivity index (χ2n) is 3.46. The molecular weight excluding hydrogens is 304 g/mol. The Morgan fingerprint density at radius 1 is 1.71 bits per heavy atom. The average Bonchev–Trinajstić information content (AvgIpc) is 2.70. The molecule has 0 aliphatic heterocycles. The van der Waals surface area contributed by atoms with Crippen LogP contribution in [0.3, 0.4) is 0 Å². The molecule has 0 aliphatic carbocycles. The quantitative estimate of drug-likeness (QED) is 0.283. The van der Waals surface area contributed by atoms with Gasteiger partial charge in [0.25, 0.3) is 0 Å². The van der Waals surface area contributed by atoms with Crippen LogP contribution in [-0.2, 0) is 11.3 Å². The first-order valence-corrected chi connectivity index (χ1v) is 6.78. The highest BCUT2D eigenvalue weighted by molar-refractivity contribution is 9.11. The number of nitrogens with one attached hydrogen (secondary N) is 1. The van der Waals surface area contributed by atoms with Gasteiger partial charge in [-0.05, 0) is 32.9 Å². The summed E-state index contributed by atoms with van der Waals surface area (Å²) in [5.41, 5.74) is 3.82. The lowest BCUT2D eigenvalue weighted by molar-refractivity contribution is 0.207. The Balaban J connectivity index is 2.54. The summed E-state index contributed by atoms with van der Waals surface area (Å²) in [6.07, 6.45) is 0. The number of halogens is 1. The van der Waals surface area contributed by atoms with E-state index in [4.69, 9.17) is 10.6 Å². The van der Waals surface area contributed by atoms with Gasteiger partial charge >= 0.3 is 0 Å². The van der Waals surface area contributed by atoms with Crippen molar-refractivity contribution in [3.63, 3.8) is 0 Å². The van der Waals surface area contributed by atoms with E-state index in [1.807, 2.05) is 11.9 Å². The van der Waals surface area contributed by atoms with Crippen LogP contribution in [0, 0.1) is 0 Å². The molecule has 1 aromatic heterocycles. The molecule has 0 saturated heterocycles. The Kier molecular flexibility index (Phi) is 6.49. The molecule has 0 radical (unpaired) electrons. The van der Waals surface area contributed by atoms with Crippen molar-refractivity contribution in [2.24, 2.45) is 10.8 Å². The van der Waals surface area contributed by atoms with Gasteiger partial charge in [0.2, 0.25) is 5.96 Å². The molecule has 0 fully saturated rings. The minimum atomic E-state index is 0.586. The molecule has 0 amide bonds. The normalized spacial score (nSPS) is 11.6. The third-order valence-corrected chi connectivity index (χ3v) is 3.64. The fraction of sp³-hybridized carbons (Fsp3) is 0.500. The summed E-state index contributed by atoms with van der Waals surface area (Å²) in [5.74, 6) is 6.10. The first-order valence-electron chi connectivity index (χ1n) is 5.11. The number of nitrogens with zero attached hydrogens (tertiary/aromatic N) is 2. The maximum absolute atomic E-state index is 5.44. The molecule has 0 aromatic carbocycles. The molecule has 1 heterocycles. The number of ether oxygens (including phenoxy) is 1. The molecule has 0 aliphatic rings. The Morgan fingerprint density at radius 2 is 2.47 bits per heavy atom. The maximum Gasteiger partial charge on any atom is 0.208 e. The number of rotatable bonds is 5. The second kappa shape index (κ2) is 7.65. The molecule has 96 valence electrons. The molecule has 7 heteroatoms. The molecule has 1 rings (SSSR count). The monoisotopic (exact) mass is 320 g/mol. The summed E-state index contributed by atoms with van der Waals surface area (Å²) >= 11 is 5.11. The summed E-state index contributed by atoms with van der Waals surface area (Å²) < 4.78 is 6.06. The van der Waals surface area contributed by atoms with Gasteiger partial charge in [-0.3, -0.25) is 5.43 Å². The summed E-state index contributed by atoms with van der Waals surface area (Å²) in [6, 6.07) is 2.09. The van der Waals surface area contributed by atoms with Crippen molar-refractivity contribution in [1.82, 2.24) is 10.3 Å². The minimum Gasteiger partial charge on any atom is -0.383 e. The predicted octanol–water partition coefficient (Wildman–Crippen LogP) is 1.41. The Labute approximate surface area is 114 Å². The molecule has 0 bridgehead atoms. The fourth-order valence-electron chi connectivity index (χ4n) is 1.30. The summed E-state index contributed by atoms with van der Waals surface area (Å²) in [7, 11) is 3.59. The van der Waals surface area contributed by atoms with Crippen molar-refractivity contribution in [2.45, 2.75) is 6.54 Å². The van der Waals surface area contributed by atoms with Crippen LogP contribution in [-0.4, -0.2) is 38.2 Å². The van der Waals surface area contributed by atoms with E-state index in [1.165, 1.54) is 5.56 Å². The summed E-state index contributed by atoms with van der Waals surface area (Å²) in [6.45, 7) is 1.94. The zero-order valence-corrected chi connectivity index (χ0v) is 12.3. The first kappa shape index (κ1) is 14.4. The van der Waals surface area contributed by atoms with Crippen LogP contribution >= 0.6 is 27.3 Å². The lowest BCUT2D eigenvalue weighted by atomic mass is 10.3. The Hall–Kier alpha value is -0.630. The van der Waals surface area contributed by atoms with Crippen LogP contribution in [0.4, 0.5) is 0 Å². The van der Waals surface area contributed by atoms with Crippen LogP contribution in [0.15, 0.2) is 20.2 Å². The van der Waals surface area contributed by atoms with E-state index in [-0.39, 0.29) is 0 Å². The van der Waals surface area contributed by atoms with Crippen molar-refractivity contribution < 1.29 is 4.74 Å². The van der Waals surface area contributed by atoms with Crippen molar-refractivity contribution in [1.29, 1.82) is 0 Å². The second-order valence-corrected chi connectivity index (χ2v) is 5.75. The smallest absolute Gasteiger partial charge is 0.208 e. The van der Waals surface area contributed by atoms with E-state index in [9.17, 15) is 0 Å². The Morgan fingerprint density at radius 3 is 3.00 bits per heavy atom. The van der Waals surface area contributed by atoms with E-state index in [1.54, 1.807) is 18.4 Å². The van der Waals surface area contributed by atoms with Crippen molar-refractivity contribution in [3.8, 4) is 0 Å². The van der Waals surface area contributed by atoms with Crippen molar-refractivity contribution in [2.75, 3.05) is 27.3 Å². The minimum absolute atomic E-state index is 0.586. The first-order chi connectivity index (χ1) is 8.17. The number of guanidine groups is 1. The number of hydrazine groups is 1. The molecule has 0 unspecified atom stereocenters. The van der Waals surface area contributed by atoms with E-state index < -0.39 is 0 Å². The maximum atomic E-state index is 5.44. The van der Waals surface area contributed by atoms with Crippen molar-refractivity contribution in [3.05, 3.63) is 20.8 Å². The number of nitrogens with two attached hydrogens (primary N) is 1. The van der Waals surface area contributed by atoms with E-state index >= 15 is 0 Å². The third kappa shape index (κ3) is 5.03. The average molecular weight is 321 g/mol. The fourth-order valence-corrected chi connectivity index (χ4v) is 2.50. The van der Waals surface area contributed by atoms with Gasteiger partial charge < -0.3 is 9.64 Å². The summed E-state index contributed by atoms with van der Waals surface area (Å²) in [4.78, 5) is 6.27. The number of hydrogen-bond acceptors (Lipinski definition) is 4. The van der Waals surface area contributed by atoms with E-state index in [0.717, 1.165) is 10.3 Å².